The van der Waals surface area contributed by atoms with Crippen LogP contribution >= 0.6 is 11.8 Å². The monoisotopic (exact) mass is 211 g/mol. The molecule has 0 saturated heterocycles. The van der Waals surface area contributed by atoms with E-state index in [1.165, 1.54) is 0 Å². The summed E-state index contributed by atoms with van der Waals surface area (Å²) in [6, 6.07) is 7.64. The van der Waals surface area contributed by atoms with Crippen molar-refractivity contribution in [2.75, 3.05) is 11.5 Å². The maximum atomic E-state index is 10.2. The third kappa shape index (κ3) is 4.18. The van der Waals surface area contributed by atoms with Crippen LogP contribution in [-0.2, 0) is 10.5 Å². The molecule has 76 valence electrons. The molecule has 0 unspecified atom stereocenters. The van der Waals surface area contributed by atoms with E-state index >= 15 is 0 Å². The molecule has 14 heavy (non-hydrogen) atoms. The van der Waals surface area contributed by atoms with Crippen molar-refractivity contribution in [2.45, 2.75) is 12.2 Å². The number of anilines is 1. The molecular formula is C10H13NO2S. The molecule has 0 aliphatic heterocycles. The summed E-state index contributed by atoms with van der Waals surface area (Å²) in [5.41, 5.74) is 7.50. The lowest BCUT2D eigenvalue weighted by Crippen LogP contribution is -1.96. The van der Waals surface area contributed by atoms with Crippen molar-refractivity contribution in [3.8, 4) is 0 Å². The van der Waals surface area contributed by atoms with Crippen LogP contribution in [0.25, 0.3) is 0 Å². The molecule has 0 amide bonds. The fraction of sp³-hybridized carbons (Fsp3) is 0.300. The van der Waals surface area contributed by atoms with Gasteiger partial charge in [-0.25, -0.2) is 0 Å². The van der Waals surface area contributed by atoms with Gasteiger partial charge in [-0.05, 0) is 17.7 Å². The van der Waals surface area contributed by atoms with E-state index in [1.54, 1.807) is 11.8 Å². The molecule has 0 aliphatic rings. The molecule has 0 fully saturated rings. The van der Waals surface area contributed by atoms with Gasteiger partial charge in [-0.3, -0.25) is 4.79 Å². The van der Waals surface area contributed by atoms with Crippen LogP contribution in [0.1, 0.15) is 12.0 Å². The molecule has 0 aliphatic carbocycles. The van der Waals surface area contributed by atoms with Gasteiger partial charge in [0.25, 0.3) is 0 Å². The number of benzene rings is 1. The van der Waals surface area contributed by atoms with Gasteiger partial charge in [-0.1, -0.05) is 12.1 Å². The lowest BCUT2D eigenvalue weighted by molar-refractivity contribution is -0.136. The second kappa shape index (κ2) is 5.54. The van der Waals surface area contributed by atoms with Gasteiger partial charge in [0.05, 0.1) is 6.42 Å². The van der Waals surface area contributed by atoms with Crippen molar-refractivity contribution < 1.29 is 9.90 Å². The standard InChI is InChI=1S/C10H13NO2S/c11-9-3-1-2-8(6-9)7-14-5-4-10(12)13/h1-3,6H,4-5,7,11H2,(H,12,13). The summed E-state index contributed by atoms with van der Waals surface area (Å²) in [6.45, 7) is 0. The predicted molar refractivity (Wildman–Crippen MR) is 59.3 cm³/mol. The Hall–Kier alpha value is -1.16. The number of aliphatic carboxylic acids is 1. The highest BCUT2D eigenvalue weighted by Crippen LogP contribution is 2.15. The molecule has 0 radical (unpaired) electrons. The first kappa shape index (κ1) is 10.9. The number of rotatable bonds is 5. The number of carboxylic acids is 1. The normalized spacial score (nSPS) is 10.0. The second-order valence-corrected chi connectivity index (χ2v) is 4.05. The van der Waals surface area contributed by atoms with E-state index < -0.39 is 5.97 Å². The topological polar surface area (TPSA) is 63.3 Å². The van der Waals surface area contributed by atoms with Crippen LogP contribution in [0, 0.1) is 0 Å². The van der Waals surface area contributed by atoms with Crippen molar-refractivity contribution in [2.24, 2.45) is 0 Å². The zero-order valence-electron chi connectivity index (χ0n) is 7.77. The smallest absolute Gasteiger partial charge is 0.304 e. The minimum atomic E-state index is -0.745. The summed E-state index contributed by atoms with van der Waals surface area (Å²) in [5, 5.41) is 8.42. The molecule has 0 bridgehead atoms. The van der Waals surface area contributed by atoms with Crippen molar-refractivity contribution in [3.05, 3.63) is 29.8 Å². The summed E-state index contributed by atoms with van der Waals surface area (Å²) < 4.78 is 0. The number of thioether (sulfide) groups is 1. The third-order valence-corrected chi connectivity index (χ3v) is 2.71. The first-order chi connectivity index (χ1) is 6.68. The summed E-state index contributed by atoms with van der Waals surface area (Å²) in [6.07, 6.45) is 0.215. The van der Waals surface area contributed by atoms with E-state index in [4.69, 9.17) is 10.8 Å². The Morgan fingerprint density at radius 3 is 2.93 bits per heavy atom. The summed E-state index contributed by atoms with van der Waals surface area (Å²) >= 11 is 1.61. The molecule has 1 aromatic carbocycles. The Labute approximate surface area is 87.3 Å². The average Bonchev–Trinajstić information content (AvgIpc) is 2.12. The Morgan fingerprint density at radius 1 is 1.50 bits per heavy atom. The molecule has 0 heterocycles. The van der Waals surface area contributed by atoms with Gasteiger partial charge >= 0.3 is 5.97 Å². The Balaban J connectivity index is 2.28. The molecule has 3 N–H and O–H groups in total. The Morgan fingerprint density at radius 2 is 2.29 bits per heavy atom. The number of carbonyl (C=O) groups is 1. The first-order valence-corrected chi connectivity index (χ1v) is 5.48. The predicted octanol–water partition coefficient (Wildman–Crippen LogP) is 1.98. The number of carboxylic acid groups (broad SMARTS) is 1. The average molecular weight is 211 g/mol. The molecule has 1 aromatic rings. The van der Waals surface area contributed by atoms with Gasteiger partial charge in [0.1, 0.15) is 0 Å². The number of hydrogen-bond acceptors (Lipinski definition) is 3. The second-order valence-electron chi connectivity index (χ2n) is 2.94. The van der Waals surface area contributed by atoms with E-state index in [1.807, 2.05) is 24.3 Å². The van der Waals surface area contributed by atoms with Crippen molar-refractivity contribution in [3.63, 3.8) is 0 Å². The van der Waals surface area contributed by atoms with Crippen LogP contribution < -0.4 is 5.73 Å². The van der Waals surface area contributed by atoms with Crippen LogP contribution in [0.4, 0.5) is 5.69 Å². The number of nitrogen functional groups attached to an aromatic ring is 1. The van der Waals surface area contributed by atoms with E-state index in [9.17, 15) is 4.79 Å². The summed E-state index contributed by atoms with van der Waals surface area (Å²) in [7, 11) is 0. The third-order valence-electron chi connectivity index (χ3n) is 1.68. The fourth-order valence-corrected chi connectivity index (χ4v) is 1.91. The molecular weight excluding hydrogens is 198 g/mol. The van der Waals surface area contributed by atoms with Crippen molar-refractivity contribution in [1.29, 1.82) is 0 Å². The largest absolute Gasteiger partial charge is 0.481 e. The van der Waals surface area contributed by atoms with Crippen molar-refractivity contribution >= 4 is 23.4 Å². The minimum absolute atomic E-state index is 0.215. The van der Waals surface area contributed by atoms with Crippen LogP contribution in [0.15, 0.2) is 24.3 Å². The zero-order valence-corrected chi connectivity index (χ0v) is 8.59. The molecule has 3 nitrogen and oxygen atoms in total. The van der Waals surface area contributed by atoms with Crippen LogP contribution in [0.3, 0.4) is 0 Å². The SMILES string of the molecule is Nc1cccc(CSCCC(=O)O)c1. The molecule has 4 heteroatoms. The Bertz CT molecular complexity index is 315. The van der Waals surface area contributed by atoms with Gasteiger partial charge in [0.2, 0.25) is 0 Å². The maximum absolute atomic E-state index is 10.2. The van der Waals surface area contributed by atoms with Crippen molar-refractivity contribution in [1.82, 2.24) is 0 Å². The first-order valence-electron chi connectivity index (χ1n) is 4.32. The quantitative estimate of drug-likeness (QED) is 0.577. The summed E-state index contributed by atoms with van der Waals surface area (Å²) in [5.74, 6) is 0.715. The number of hydrogen-bond donors (Lipinski definition) is 2. The lowest BCUT2D eigenvalue weighted by atomic mass is 10.2. The molecule has 0 atom stereocenters. The summed E-state index contributed by atoms with van der Waals surface area (Å²) in [4.78, 5) is 10.2. The Kier molecular flexibility index (Phi) is 4.32. The van der Waals surface area contributed by atoms with Gasteiger partial charge in [0.15, 0.2) is 0 Å². The fourth-order valence-electron chi connectivity index (χ4n) is 1.03. The molecule has 0 spiro atoms. The van der Waals surface area contributed by atoms with Gasteiger partial charge < -0.3 is 10.8 Å². The van der Waals surface area contributed by atoms with Gasteiger partial charge in [-0.15, -0.1) is 0 Å². The number of nitrogens with two attached hydrogens (primary N) is 1. The minimum Gasteiger partial charge on any atom is -0.481 e. The highest BCUT2D eigenvalue weighted by Gasteiger charge is 1.98. The maximum Gasteiger partial charge on any atom is 0.304 e. The molecule has 0 aromatic heterocycles. The van der Waals surface area contributed by atoms with Gasteiger partial charge in [0, 0.05) is 17.2 Å². The highest BCUT2D eigenvalue weighted by atomic mass is 32.2. The van der Waals surface area contributed by atoms with E-state index in [0.29, 0.717) is 5.75 Å². The lowest BCUT2D eigenvalue weighted by Gasteiger charge is -2.01. The molecule has 1 rings (SSSR count). The zero-order chi connectivity index (χ0) is 10.4. The molecule has 0 saturated carbocycles. The van der Waals surface area contributed by atoms with Crippen LogP contribution in [0.2, 0.25) is 0 Å². The van der Waals surface area contributed by atoms with E-state index in [2.05, 4.69) is 0 Å². The highest BCUT2D eigenvalue weighted by molar-refractivity contribution is 7.98. The van der Waals surface area contributed by atoms with Crippen LogP contribution in [0.5, 0.6) is 0 Å². The van der Waals surface area contributed by atoms with Gasteiger partial charge in [-0.2, -0.15) is 11.8 Å². The van der Waals surface area contributed by atoms with E-state index in [-0.39, 0.29) is 6.42 Å². The van der Waals surface area contributed by atoms with Crippen LogP contribution in [-0.4, -0.2) is 16.8 Å². The van der Waals surface area contributed by atoms with E-state index in [0.717, 1.165) is 17.0 Å².